The predicted octanol–water partition coefficient (Wildman–Crippen LogP) is 5.97. The molecule has 0 N–H and O–H groups in total. The van der Waals surface area contributed by atoms with Gasteiger partial charge in [-0.1, -0.05) is 0 Å². The van der Waals surface area contributed by atoms with Crippen LogP contribution in [0, 0.1) is 0 Å². The van der Waals surface area contributed by atoms with E-state index in [4.69, 9.17) is 28.4 Å². The normalized spacial score (nSPS) is 15.0. The van der Waals surface area contributed by atoms with E-state index in [1.165, 1.54) is 21.6 Å². The van der Waals surface area contributed by atoms with Crippen molar-refractivity contribution in [2.24, 2.45) is 0 Å². The van der Waals surface area contributed by atoms with Crippen LogP contribution in [0.1, 0.15) is 55.4 Å². The van der Waals surface area contributed by atoms with Crippen molar-refractivity contribution in [3.05, 3.63) is 0 Å². The second-order valence-electron chi connectivity index (χ2n) is 5.44. The van der Waals surface area contributed by atoms with Gasteiger partial charge in [0.15, 0.2) is 0 Å². The molecule has 170 valence electrons. The molecule has 2 atom stereocenters. The Balaban J connectivity index is 5.10. The van der Waals surface area contributed by atoms with Crippen molar-refractivity contribution in [3.8, 4) is 0 Å². The van der Waals surface area contributed by atoms with Gasteiger partial charge in [-0.05, 0) is 96.6 Å². The van der Waals surface area contributed by atoms with Crippen LogP contribution in [0.4, 0.5) is 0 Å². The van der Waals surface area contributed by atoms with E-state index < -0.39 is 10.2 Å². The Morgan fingerprint density at radius 2 is 0.821 bits per heavy atom. The Kier molecular flexibility index (Phi) is 17.5. The van der Waals surface area contributed by atoms with Crippen molar-refractivity contribution >= 4 is 41.2 Å². The second kappa shape index (κ2) is 16.8. The number of hydrogen-bond acceptors (Lipinski definition) is 10. The Labute approximate surface area is 186 Å². The van der Waals surface area contributed by atoms with Crippen LogP contribution in [-0.4, -0.2) is 62.1 Å². The first-order valence-corrected chi connectivity index (χ1v) is 14.7. The highest BCUT2D eigenvalue weighted by molar-refractivity contribution is 9.26. The lowest BCUT2D eigenvalue weighted by molar-refractivity contribution is -0.223. The maximum absolute atomic E-state index is 5.98. The quantitative estimate of drug-likeness (QED) is 0.126. The molecule has 0 spiro atoms. The summed E-state index contributed by atoms with van der Waals surface area (Å²) in [7, 11) is 6.13. The molecule has 6 nitrogen and oxygen atoms in total. The Morgan fingerprint density at radius 3 is 1.04 bits per heavy atom. The summed E-state index contributed by atoms with van der Waals surface area (Å²) in [5, 5.41) is -1.74. The smallest absolute Gasteiger partial charge is 0.256 e. The molecule has 0 aromatic rings. The standard InChI is InChI=1S/C18H38O6S4/c1-9-19-15(7)17(21-11-3,22-12-4)25-27-28-26-18(23-13-5,24-14-6)16(8)20-10-2/h15-16H,9-14H2,1-8H3. The molecule has 0 aromatic carbocycles. The third-order valence-corrected chi connectivity index (χ3v) is 10.5. The molecule has 0 radical (unpaired) electrons. The minimum absolute atomic E-state index is 0.216. The third-order valence-electron chi connectivity index (χ3n) is 3.54. The van der Waals surface area contributed by atoms with E-state index in [2.05, 4.69) is 0 Å². The number of ether oxygens (including phenoxy) is 6. The zero-order valence-electron chi connectivity index (χ0n) is 18.5. The molecule has 0 aliphatic carbocycles. The van der Waals surface area contributed by atoms with Gasteiger partial charge in [0.1, 0.15) is 12.2 Å². The maximum atomic E-state index is 5.98. The summed E-state index contributed by atoms with van der Waals surface area (Å²) in [6, 6.07) is 0. The summed E-state index contributed by atoms with van der Waals surface area (Å²) in [6.07, 6.45) is -0.433. The van der Waals surface area contributed by atoms with E-state index in [0.29, 0.717) is 39.6 Å². The van der Waals surface area contributed by atoms with E-state index in [1.807, 2.05) is 55.4 Å². The molecule has 28 heavy (non-hydrogen) atoms. The van der Waals surface area contributed by atoms with Gasteiger partial charge in [-0.3, -0.25) is 0 Å². The minimum Gasteiger partial charge on any atom is -0.372 e. The van der Waals surface area contributed by atoms with Crippen LogP contribution >= 0.6 is 41.2 Å². The fraction of sp³-hybridized carbons (Fsp3) is 1.00. The molecule has 0 aliphatic rings. The first kappa shape index (κ1) is 29.2. The highest BCUT2D eigenvalue weighted by Crippen LogP contribution is 2.55. The van der Waals surface area contributed by atoms with Crippen LogP contribution in [0.3, 0.4) is 0 Å². The highest BCUT2D eigenvalue weighted by atomic mass is 33.7. The second-order valence-corrected chi connectivity index (χ2v) is 11.4. The topological polar surface area (TPSA) is 55.4 Å². The van der Waals surface area contributed by atoms with Crippen LogP contribution in [0.2, 0.25) is 0 Å². The average Bonchev–Trinajstić information content (AvgIpc) is 2.66. The molecule has 0 aromatic heterocycles. The number of rotatable bonds is 19. The van der Waals surface area contributed by atoms with Gasteiger partial charge >= 0.3 is 0 Å². The lowest BCUT2D eigenvalue weighted by atomic mass is 10.4. The predicted molar refractivity (Wildman–Crippen MR) is 125 cm³/mol. The van der Waals surface area contributed by atoms with Crippen LogP contribution in [0.25, 0.3) is 0 Å². The van der Waals surface area contributed by atoms with Gasteiger partial charge in [-0.25, -0.2) is 0 Å². The van der Waals surface area contributed by atoms with Crippen LogP contribution in [0.5, 0.6) is 0 Å². The summed E-state index contributed by atoms with van der Waals surface area (Å²) < 4.78 is 35.5. The fourth-order valence-electron chi connectivity index (χ4n) is 2.42. The first-order valence-electron chi connectivity index (χ1n) is 9.90. The Bertz CT molecular complexity index is 332. The van der Waals surface area contributed by atoms with E-state index in [0.717, 1.165) is 0 Å². The van der Waals surface area contributed by atoms with Gasteiger partial charge in [0, 0.05) is 39.6 Å². The maximum Gasteiger partial charge on any atom is 0.256 e. The molecule has 2 unspecified atom stereocenters. The molecular formula is C18H38O6S4. The van der Waals surface area contributed by atoms with Crippen molar-refractivity contribution < 1.29 is 28.4 Å². The largest absolute Gasteiger partial charge is 0.372 e. The molecule has 0 saturated carbocycles. The van der Waals surface area contributed by atoms with Crippen molar-refractivity contribution in [1.82, 2.24) is 0 Å². The summed E-state index contributed by atoms with van der Waals surface area (Å²) in [5.74, 6) is 0. The molecule has 0 bridgehead atoms. The van der Waals surface area contributed by atoms with Gasteiger partial charge < -0.3 is 28.4 Å². The van der Waals surface area contributed by atoms with Gasteiger partial charge in [0.25, 0.3) is 10.2 Å². The molecule has 0 saturated heterocycles. The van der Waals surface area contributed by atoms with Crippen LogP contribution < -0.4 is 0 Å². The summed E-state index contributed by atoms with van der Waals surface area (Å²) in [6.45, 7) is 19.0. The monoisotopic (exact) mass is 478 g/mol. The average molecular weight is 479 g/mol. The molecule has 0 fully saturated rings. The van der Waals surface area contributed by atoms with Gasteiger partial charge in [0.05, 0.1) is 0 Å². The Morgan fingerprint density at radius 1 is 0.536 bits per heavy atom. The van der Waals surface area contributed by atoms with E-state index in [9.17, 15) is 0 Å². The van der Waals surface area contributed by atoms with Crippen LogP contribution in [-0.2, 0) is 28.4 Å². The van der Waals surface area contributed by atoms with Gasteiger partial charge in [0.2, 0.25) is 0 Å². The molecular weight excluding hydrogens is 440 g/mol. The fourth-order valence-corrected chi connectivity index (χ4v) is 9.57. The van der Waals surface area contributed by atoms with Crippen molar-refractivity contribution in [3.63, 3.8) is 0 Å². The summed E-state index contributed by atoms with van der Waals surface area (Å²) >= 11 is 0. The minimum atomic E-state index is -0.872. The molecule has 0 aliphatic heterocycles. The van der Waals surface area contributed by atoms with Gasteiger partial charge in [-0.2, -0.15) is 0 Å². The zero-order valence-corrected chi connectivity index (χ0v) is 21.7. The van der Waals surface area contributed by atoms with Crippen molar-refractivity contribution in [2.45, 2.75) is 77.8 Å². The van der Waals surface area contributed by atoms with E-state index in [1.54, 1.807) is 19.7 Å². The van der Waals surface area contributed by atoms with E-state index >= 15 is 0 Å². The highest BCUT2D eigenvalue weighted by Gasteiger charge is 2.43. The van der Waals surface area contributed by atoms with Crippen LogP contribution in [0.15, 0.2) is 0 Å². The third kappa shape index (κ3) is 9.53. The number of hydrogen-bond donors (Lipinski definition) is 0. The van der Waals surface area contributed by atoms with Crippen molar-refractivity contribution in [1.29, 1.82) is 0 Å². The first-order chi connectivity index (χ1) is 13.4. The molecule has 0 amide bonds. The Hall–Kier alpha value is 1.16. The lowest BCUT2D eigenvalue weighted by Crippen LogP contribution is -2.44. The SMILES string of the molecule is CCOC(C)C(OCC)(OCC)SSSSC(OCC)(OCC)C(C)OCC. The molecule has 0 rings (SSSR count). The lowest BCUT2D eigenvalue weighted by Gasteiger charge is -2.37. The summed E-state index contributed by atoms with van der Waals surface area (Å²) in [5.41, 5.74) is 0. The molecule has 10 heteroatoms. The molecule has 0 heterocycles. The van der Waals surface area contributed by atoms with Crippen molar-refractivity contribution in [2.75, 3.05) is 39.6 Å². The zero-order chi connectivity index (χ0) is 21.5. The van der Waals surface area contributed by atoms with E-state index in [-0.39, 0.29) is 12.2 Å². The van der Waals surface area contributed by atoms with Gasteiger partial charge in [-0.15, -0.1) is 0 Å². The summed E-state index contributed by atoms with van der Waals surface area (Å²) in [4.78, 5) is 0.